The molecule has 0 aliphatic heterocycles. The molecule has 0 fully saturated rings. The molecule has 0 radical (unpaired) electrons. The van der Waals surface area contributed by atoms with Crippen LogP contribution in [0.25, 0.3) is 0 Å². The van der Waals surface area contributed by atoms with E-state index in [4.69, 9.17) is 16.3 Å². The Morgan fingerprint density at radius 2 is 2.04 bits per heavy atom. The van der Waals surface area contributed by atoms with Crippen LogP contribution in [0.4, 0.5) is 4.39 Å². The third-order valence-corrected chi connectivity index (χ3v) is 5.10. The van der Waals surface area contributed by atoms with E-state index in [0.717, 1.165) is 24.8 Å². The number of carbonyl (C=O) groups is 2. The van der Waals surface area contributed by atoms with E-state index in [0.29, 0.717) is 0 Å². The Hall–Kier alpha value is -2.40. The second kappa shape index (κ2) is 8.53. The SMILES string of the molecule is C[C@@H](OC(=O)Cc1c(F)cccc1Cl)C(=O)N[C@H]1CCCc2ccccc21. The molecule has 0 bridgehead atoms. The average Bonchev–Trinajstić information content (AvgIpc) is 2.65. The molecule has 0 aromatic heterocycles. The van der Waals surface area contributed by atoms with E-state index in [1.807, 2.05) is 18.2 Å². The maximum absolute atomic E-state index is 13.8. The molecule has 4 nitrogen and oxygen atoms in total. The lowest BCUT2D eigenvalue weighted by Crippen LogP contribution is -2.39. The van der Waals surface area contributed by atoms with Crippen LogP contribution in [0.1, 0.15) is 42.5 Å². The zero-order valence-electron chi connectivity index (χ0n) is 15.0. The molecule has 1 N–H and O–H groups in total. The Kier molecular flexibility index (Phi) is 6.11. The highest BCUT2D eigenvalue weighted by Crippen LogP contribution is 2.29. The Balaban J connectivity index is 1.59. The lowest BCUT2D eigenvalue weighted by molar-refractivity contribution is -0.154. The van der Waals surface area contributed by atoms with Crippen LogP contribution >= 0.6 is 11.6 Å². The lowest BCUT2D eigenvalue weighted by atomic mass is 9.87. The van der Waals surface area contributed by atoms with Gasteiger partial charge < -0.3 is 10.1 Å². The number of ether oxygens (including phenoxy) is 1. The van der Waals surface area contributed by atoms with Crippen molar-refractivity contribution >= 4 is 23.5 Å². The Labute approximate surface area is 162 Å². The van der Waals surface area contributed by atoms with E-state index in [2.05, 4.69) is 11.4 Å². The summed E-state index contributed by atoms with van der Waals surface area (Å²) in [6.07, 6.45) is 1.53. The van der Waals surface area contributed by atoms with Crippen molar-refractivity contribution in [3.05, 3.63) is 70.0 Å². The number of amides is 1. The summed E-state index contributed by atoms with van der Waals surface area (Å²) in [6.45, 7) is 1.50. The van der Waals surface area contributed by atoms with Gasteiger partial charge in [-0.2, -0.15) is 0 Å². The number of carbonyl (C=O) groups excluding carboxylic acids is 2. The molecule has 0 unspecified atom stereocenters. The minimum absolute atomic E-state index is 0.0676. The van der Waals surface area contributed by atoms with Crippen molar-refractivity contribution in [3.8, 4) is 0 Å². The summed E-state index contributed by atoms with van der Waals surface area (Å²) in [5.41, 5.74) is 2.40. The van der Waals surface area contributed by atoms with Gasteiger partial charge in [-0.1, -0.05) is 41.9 Å². The van der Waals surface area contributed by atoms with Gasteiger partial charge in [0.05, 0.1) is 12.5 Å². The third kappa shape index (κ3) is 4.66. The zero-order valence-corrected chi connectivity index (χ0v) is 15.8. The van der Waals surface area contributed by atoms with E-state index in [1.54, 1.807) is 0 Å². The highest BCUT2D eigenvalue weighted by Gasteiger charge is 2.25. The predicted molar refractivity (Wildman–Crippen MR) is 101 cm³/mol. The fourth-order valence-corrected chi connectivity index (χ4v) is 3.56. The van der Waals surface area contributed by atoms with E-state index in [1.165, 1.54) is 30.7 Å². The molecule has 27 heavy (non-hydrogen) atoms. The Bertz CT molecular complexity index is 835. The molecule has 1 aliphatic carbocycles. The highest BCUT2D eigenvalue weighted by atomic mass is 35.5. The van der Waals surface area contributed by atoms with Crippen LogP contribution in [0.15, 0.2) is 42.5 Å². The molecular weight excluding hydrogens is 369 g/mol. The molecule has 1 aliphatic rings. The summed E-state index contributed by atoms with van der Waals surface area (Å²) in [5.74, 6) is -1.64. The van der Waals surface area contributed by atoms with E-state index in [-0.39, 0.29) is 29.0 Å². The predicted octanol–water partition coefficient (Wildman–Crippen LogP) is 4.15. The van der Waals surface area contributed by atoms with Gasteiger partial charge in [0.1, 0.15) is 5.82 Å². The minimum atomic E-state index is -0.975. The first-order valence-corrected chi connectivity index (χ1v) is 9.34. The molecule has 3 rings (SSSR count). The number of nitrogens with one attached hydrogen (secondary N) is 1. The smallest absolute Gasteiger partial charge is 0.311 e. The molecule has 0 saturated heterocycles. The summed E-state index contributed by atoms with van der Waals surface area (Å²) >= 11 is 5.92. The van der Waals surface area contributed by atoms with Gasteiger partial charge in [0.2, 0.25) is 0 Å². The number of fused-ring (bicyclic) bond motifs is 1. The summed E-state index contributed by atoms with van der Waals surface area (Å²) in [6, 6.07) is 12.1. The monoisotopic (exact) mass is 389 g/mol. The number of benzene rings is 2. The van der Waals surface area contributed by atoms with E-state index >= 15 is 0 Å². The van der Waals surface area contributed by atoms with Gasteiger partial charge in [-0.3, -0.25) is 9.59 Å². The summed E-state index contributed by atoms with van der Waals surface area (Å²) in [7, 11) is 0. The van der Waals surface area contributed by atoms with Crippen molar-refractivity contribution in [1.29, 1.82) is 0 Å². The van der Waals surface area contributed by atoms with E-state index in [9.17, 15) is 14.0 Å². The van der Waals surface area contributed by atoms with Crippen LogP contribution in [0.3, 0.4) is 0 Å². The van der Waals surface area contributed by atoms with Crippen molar-refractivity contribution < 1.29 is 18.7 Å². The van der Waals surface area contributed by atoms with Crippen molar-refractivity contribution in [2.75, 3.05) is 0 Å². The van der Waals surface area contributed by atoms with Gasteiger partial charge in [0.25, 0.3) is 5.91 Å². The first-order chi connectivity index (χ1) is 13.0. The topological polar surface area (TPSA) is 55.4 Å². The van der Waals surface area contributed by atoms with Crippen LogP contribution in [0.2, 0.25) is 5.02 Å². The quantitative estimate of drug-likeness (QED) is 0.781. The number of halogens is 2. The van der Waals surface area contributed by atoms with Crippen LogP contribution < -0.4 is 5.32 Å². The average molecular weight is 390 g/mol. The second-order valence-electron chi connectivity index (χ2n) is 6.66. The van der Waals surface area contributed by atoms with Gasteiger partial charge in [-0.25, -0.2) is 4.39 Å². The van der Waals surface area contributed by atoms with Crippen LogP contribution in [-0.2, 0) is 27.2 Å². The van der Waals surface area contributed by atoms with Gasteiger partial charge >= 0.3 is 5.97 Å². The highest BCUT2D eigenvalue weighted by molar-refractivity contribution is 6.31. The molecule has 2 aromatic carbocycles. The number of hydrogen-bond acceptors (Lipinski definition) is 3. The fraction of sp³-hybridized carbons (Fsp3) is 0.333. The Morgan fingerprint density at radius 1 is 1.26 bits per heavy atom. The third-order valence-electron chi connectivity index (χ3n) is 4.75. The largest absolute Gasteiger partial charge is 0.452 e. The molecule has 6 heteroatoms. The van der Waals surface area contributed by atoms with Crippen LogP contribution in [0.5, 0.6) is 0 Å². The van der Waals surface area contributed by atoms with E-state index < -0.39 is 17.9 Å². The van der Waals surface area contributed by atoms with Gasteiger partial charge in [0.15, 0.2) is 6.10 Å². The molecule has 0 saturated carbocycles. The first kappa shape index (κ1) is 19.4. The zero-order chi connectivity index (χ0) is 19.4. The molecular formula is C21H21ClFNO3. The lowest BCUT2D eigenvalue weighted by Gasteiger charge is -2.27. The Morgan fingerprint density at radius 3 is 2.81 bits per heavy atom. The van der Waals surface area contributed by atoms with Crippen molar-refractivity contribution in [1.82, 2.24) is 5.32 Å². The van der Waals surface area contributed by atoms with Crippen LogP contribution in [-0.4, -0.2) is 18.0 Å². The van der Waals surface area contributed by atoms with Crippen molar-refractivity contribution in [2.45, 2.75) is 44.8 Å². The van der Waals surface area contributed by atoms with Gasteiger partial charge in [-0.05, 0) is 49.4 Å². The molecule has 2 atom stereocenters. The number of rotatable bonds is 5. The standard InChI is InChI=1S/C21H21ClFNO3/c1-13(27-20(25)12-16-17(22)9-5-10-18(16)23)21(26)24-19-11-4-7-14-6-2-3-8-15(14)19/h2-3,5-6,8-10,13,19H,4,7,11-12H2,1H3,(H,24,26)/t13-,19+/m1/s1. The molecule has 2 aromatic rings. The number of hydrogen-bond donors (Lipinski definition) is 1. The fourth-order valence-electron chi connectivity index (χ4n) is 3.33. The molecule has 0 spiro atoms. The number of aryl methyl sites for hydroxylation is 1. The van der Waals surface area contributed by atoms with Crippen molar-refractivity contribution in [2.24, 2.45) is 0 Å². The second-order valence-corrected chi connectivity index (χ2v) is 7.07. The van der Waals surface area contributed by atoms with Gasteiger partial charge in [-0.15, -0.1) is 0 Å². The molecule has 1 amide bonds. The normalized spacial score (nSPS) is 16.9. The van der Waals surface area contributed by atoms with Crippen molar-refractivity contribution in [3.63, 3.8) is 0 Å². The maximum Gasteiger partial charge on any atom is 0.311 e. The first-order valence-electron chi connectivity index (χ1n) is 8.96. The van der Waals surface area contributed by atoms with Crippen LogP contribution in [0, 0.1) is 5.82 Å². The summed E-state index contributed by atoms with van der Waals surface area (Å²) < 4.78 is 19.0. The summed E-state index contributed by atoms with van der Waals surface area (Å²) in [4.78, 5) is 24.5. The van der Waals surface area contributed by atoms with Gasteiger partial charge in [0, 0.05) is 10.6 Å². The number of esters is 1. The maximum atomic E-state index is 13.8. The molecule has 142 valence electrons. The molecule has 0 heterocycles. The summed E-state index contributed by atoms with van der Waals surface area (Å²) in [5, 5.41) is 3.11. The minimum Gasteiger partial charge on any atom is -0.452 e.